The van der Waals surface area contributed by atoms with Gasteiger partial charge >= 0.3 is 17.9 Å². The molecule has 0 radical (unpaired) electrons. The number of aliphatic hydroxyl groups is 6. The quantitative estimate of drug-likeness (QED) is 0.155. The Balaban J connectivity index is 1.20. The SMILES string of the molecule is CC1(C(=O)O)CC(=O)C2(C)CCC3(C)C(=C2C1)C=CC1C2(C)CCC(OC4OC(C(=O)O)C(O)C(O)C4OC4OC(C(=O)O)C(O)C(O)C4O)C(C)(CO)C2CCC13C. The van der Waals surface area contributed by atoms with Gasteiger partial charge in [-0.05, 0) is 92.4 Å². The number of ketones is 1. The van der Waals surface area contributed by atoms with Gasteiger partial charge in [-0.2, -0.15) is 0 Å². The van der Waals surface area contributed by atoms with Crippen LogP contribution in [0, 0.1) is 44.3 Å². The van der Waals surface area contributed by atoms with E-state index in [1.165, 1.54) is 0 Å². The predicted octanol–water partition coefficient (Wildman–Crippen LogP) is 1.14. The predicted molar refractivity (Wildman–Crippen MR) is 201 cm³/mol. The molecule has 0 aromatic heterocycles. The van der Waals surface area contributed by atoms with Crippen molar-refractivity contribution in [2.24, 2.45) is 44.3 Å². The molecule has 19 unspecified atom stereocenters. The summed E-state index contributed by atoms with van der Waals surface area (Å²) in [5.74, 6) is -4.56. The number of carboxylic acids is 3. The Morgan fingerprint density at radius 1 is 0.746 bits per heavy atom. The molecule has 5 fully saturated rings. The van der Waals surface area contributed by atoms with Crippen LogP contribution in [0.3, 0.4) is 0 Å². The fourth-order valence-electron chi connectivity index (χ4n) is 12.8. The van der Waals surface area contributed by atoms with Gasteiger partial charge in [0.25, 0.3) is 0 Å². The van der Waals surface area contributed by atoms with Crippen LogP contribution in [0.1, 0.15) is 92.9 Å². The minimum absolute atomic E-state index is 0.0112. The van der Waals surface area contributed by atoms with Gasteiger partial charge in [-0.25, -0.2) is 9.59 Å². The van der Waals surface area contributed by atoms with Crippen molar-refractivity contribution in [1.82, 2.24) is 0 Å². The Bertz CT molecular complexity index is 1820. The number of hydrogen-bond donors (Lipinski definition) is 9. The van der Waals surface area contributed by atoms with Crippen molar-refractivity contribution >= 4 is 23.7 Å². The van der Waals surface area contributed by atoms with Crippen molar-refractivity contribution in [3.63, 3.8) is 0 Å². The van der Waals surface area contributed by atoms with Crippen molar-refractivity contribution < 1.29 is 84.1 Å². The van der Waals surface area contributed by atoms with Gasteiger partial charge in [0.15, 0.2) is 24.8 Å². The smallest absolute Gasteiger partial charge is 0.335 e. The lowest BCUT2D eigenvalue weighted by Gasteiger charge is -2.69. The van der Waals surface area contributed by atoms with Crippen LogP contribution in [-0.4, -0.2) is 144 Å². The van der Waals surface area contributed by atoms with Crippen molar-refractivity contribution in [2.75, 3.05) is 6.61 Å². The van der Waals surface area contributed by atoms with Crippen LogP contribution >= 0.6 is 0 Å². The Labute approximate surface area is 342 Å². The van der Waals surface area contributed by atoms with E-state index in [-0.39, 0.29) is 36.1 Å². The van der Waals surface area contributed by atoms with Crippen LogP contribution < -0.4 is 0 Å². The summed E-state index contributed by atoms with van der Waals surface area (Å²) in [6, 6.07) is 0. The number of carboxylic acid groups (broad SMARTS) is 3. The van der Waals surface area contributed by atoms with E-state index in [1.807, 2.05) is 13.8 Å². The van der Waals surface area contributed by atoms with Gasteiger partial charge in [-0.15, -0.1) is 0 Å². The third kappa shape index (κ3) is 6.31. The van der Waals surface area contributed by atoms with Crippen LogP contribution in [-0.2, 0) is 38.1 Å². The highest BCUT2D eigenvalue weighted by atomic mass is 16.8. The highest BCUT2D eigenvalue weighted by Gasteiger charge is 2.69. The van der Waals surface area contributed by atoms with E-state index in [2.05, 4.69) is 32.9 Å². The largest absolute Gasteiger partial charge is 0.481 e. The molecule has 17 nitrogen and oxygen atoms in total. The van der Waals surface area contributed by atoms with Gasteiger partial charge in [0.2, 0.25) is 0 Å². The number of carbonyl (C=O) groups is 4. The third-order valence-corrected chi connectivity index (χ3v) is 16.8. The van der Waals surface area contributed by atoms with E-state index < -0.39 is 112 Å². The lowest BCUT2D eigenvalue weighted by Crippen LogP contribution is -2.67. The first-order chi connectivity index (χ1) is 27.3. The molecule has 7 rings (SSSR count). The highest BCUT2D eigenvalue weighted by molar-refractivity contribution is 5.95. The number of fused-ring (bicyclic) bond motifs is 6. The number of aliphatic carboxylic acids is 3. The summed E-state index contributed by atoms with van der Waals surface area (Å²) in [6.07, 6.45) is -12.6. The number of aliphatic hydroxyl groups excluding tert-OH is 6. The number of Topliss-reactive ketones (excluding diaryl/α,β-unsaturated/α-hetero) is 1. The summed E-state index contributed by atoms with van der Waals surface area (Å²) in [5.41, 5.74) is -2.13. The molecular weight excluding hydrogens is 776 g/mol. The standard InChI is InChI=1S/C42H60O17/c1-37(36(54)55)15-19-18-7-8-21-39(3)11-10-23(40(4,17-43)20(39)9-12-42(21,6)41(18,5)14-13-38(19,2)22(44)16-37)56-35-31(27(48)26(47)30(58-35)33(52)53)59-34-28(49)24(45)25(46)29(57-34)32(50)51/h7-8,20-21,23-31,34-35,43,45-49H,9-17H2,1-6H3,(H,50,51)(H,52,53)(H,54,55). The van der Waals surface area contributed by atoms with Gasteiger partial charge in [0.05, 0.1) is 18.1 Å². The van der Waals surface area contributed by atoms with E-state index >= 15 is 0 Å². The first-order valence-electron chi connectivity index (χ1n) is 20.6. The molecule has 17 heteroatoms. The van der Waals surface area contributed by atoms with Crippen molar-refractivity contribution in [1.29, 1.82) is 0 Å². The number of hydrogen-bond acceptors (Lipinski definition) is 14. The number of allylic oxidation sites excluding steroid dienone is 4. The molecule has 9 N–H and O–H groups in total. The Hall–Kier alpha value is -2.84. The second-order valence-corrected chi connectivity index (χ2v) is 20.0. The molecule has 2 heterocycles. The maximum atomic E-state index is 13.7. The monoisotopic (exact) mass is 836 g/mol. The topological polar surface area (TPSA) is 287 Å². The van der Waals surface area contributed by atoms with E-state index in [1.54, 1.807) is 6.92 Å². The molecule has 330 valence electrons. The molecule has 2 saturated heterocycles. The molecule has 0 spiro atoms. The van der Waals surface area contributed by atoms with E-state index in [9.17, 15) is 65.1 Å². The van der Waals surface area contributed by atoms with Gasteiger partial charge in [-0.3, -0.25) is 9.59 Å². The van der Waals surface area contributed by atoms with E-state index in [4.69, 9.17) is 18.9 Å². The van der Waals surface area contributed by atoms with Gasteiger partial charge in [0.1, 0.15) is 42.4 Å². The van der Waals surface area contributed by atoms with Crippen molar-refractivity contribution in [2.45, 2.75) is 160 Å². The fraction of sp³-hybridized carbons (Fsp3) is 0.810. The molecular formula is C42H60O17. The second kappa shape index (κ2) is 14.6. The average molecular weight is 837 g/mol. The average Bonchev–Trinajstić information content (AvgIpc) is 3.16. The molecule has 2 aliphatic heterocycles. The minimum atomic E-state index is -2.08. The van der Waals surface area contributed by atoms with Crippen LogP contribution in [0.5, 0.6) is 0 Å². The molecule has 59 heavy (non-hydrogen) atoms. The zero-order chi connectivity index (χ0) is 43.6. The fourth-order valence-corrected chi connectivity index (χ4v) is 12.8. The zero-order valence-electron chi connectivity index (χ0n) is 34.3. The summed E-state index contributed by atoms with van der Waals surface area (Å²) >= 11 is 0. The van der Waals surface area contributed by atoms with Crippen LogP contribution in [0.2, 0.25) is 0 Å². The summed E-state index contributed by atoms with van der Waals surface area (Å²) in [6.45, 7) is 11.9. The van der Waals surface area contributed by atoms with Gasteiger partial charge in [-0.1, -0.05) is 45.4 Å². The third-order valence-electron chi connectivity index (χ3n) is 16.8. The van der Waals surface area contributed by atoms with Crippen LogP contribution in [0.15, 0.2) is 23.3 Å². The molecule has 0 bridgehead atoms. The molecule has 5 aliphatic carbocycles. The Kier molecular flexibility index (Phi) is 11.0. The lowest BCUT2D eigenvalue weighted by molar-refractivity contribution is -0.372. The minimum Gasteiger partial charge on any atom is -0.481 e. The maximum absolute atomic E-state index is 13.7. The molecule has 7 aliphatic rings. The lowest BCUT2D eigenvalue weighted by atomic mass is 9.35. The summed E-state index contributed by atoms with van der Waals surface area (Å²) in [4.78, 5) is 50.2. The number of rotatable bonds is 8. The molecule has 0 amide bonds. The van der Waals surface area contributed by atoms with E-state index in [0.29, 0.717) is 38.5 Å². The highest BCUT2D eigenvalue weighted by Crippen LogP contribution is 2.74. The van der Waals surface area contributed by atoms with Gasteiger partial charge < -0.3 is 64.9 Å². The van der Waals surface area contributed by atoms with Crippen molar-refractivity contribution in [3.05, 3.63) is 23.3 Å². The summed E-state index contributed by atoms with van der Waals surface area (Å²) in [5, 5.41) is 94.3. The summed E-state index contributed by atoms with van der Waals surface area (Å²) in [7, 11) is 0. The molecule has 3 saturated carbocycles. The maximum Gasteiger partial charge on any atom is 0.335 e. The molecule has 0 aromatic carbocycles. The van der Waals surface area contributed by atoms with Crippen LogP contribution in [0.25, 0.3) is 0 Å². The Morgan fingerprint density at radius 3 is 1.95 bits per heavy atom. The van der Waals surface area contributed by atoms with Crippen molar-refractivity contribution in [3.8, 4) is 0 Å². The molecule has 19 atom stereocenters. The van der Waals surface area contributed by atoms with Crippen LogP contribution in [0.4, 0.5) is 0 Å². The normalized spacial score (nSPS) is 52.1. The first-order valence-corrected chi connectivity index (χ1v) is 20.6. The summed E-state index contributed by atoms with van der Waals surface area (Å²) < 4.78 is 23.3. The number of carbonyl (C=O) groups excluding carboxylic acids is 1. The second-order valence-electron chi connectivity index (χ2n) is 20.0. The molecule has 0 aromatic rings. The zero-order valence-corrected chi connectivity index (χ0v) is 34.3. The Morgan fingerprint density at radius 2 is 1.36 bits per heavy atom. The van der Waals surface area contributed by atoms with E-state index in [0.717, 1.165) is 17.6 Å². The first kappa shape index (κ1) is 44.2. The van der Waals surface area contributed by atoms with Gasteiger partial charge in [0, 0.05) is 17.3 Å². The number of ether oxygens (including phenoxy) is 4.